The second kappa shape index (κ2) is 7.33. The number of likely N-dealkylation sites (tertiary alicyclic amines) is 1. The fourth-order valence-electron chi connectivity index (χ4n) is 4.43. The standard InChI is InChI=1S/C22H28N4O2/c1-27-19-6-4-17(5-7-19)12-26-9-8-22(14-26)15-28-13-18-11-24-21(25-20(18)22)23-10-16-2-3-16/h4-7,11,16H,2-3,8-10,12-15H2,1H3,(H,23,24,25)/t22-/m1/s1. The van der Waals surface area contributed by atoms with Crippen LogP contribution in [-0.4, -0.2) is 48.2 Å². The Morgan fingerprint density at radius 1 is 1.29 bits per heavy atom. The predicted octanol–water partition coefficient (Wildman–Crippen LogP) is 2.98. The first kappa shape index (κ1) is 17.9. The number of aromatic nitrogens is 2. The van der Waals surface area contributed by atoms with Crippen molar-refractivity contribution in [3.63, 3.8) is 0 Å². The molecule has 148 valence electrons. The predicted molar refractivity (Wildman–Crippen MR) is 107 cm³/mol. The summed E-state index contributed by atoms with van der Waals surface area (Å²) in [6.07, 6.45) is 5.70. The molecule has 1 aromatic carbocycles. The van der Waals surface area contributed by atoms with Crippen LogP contribution in [0.25, 0.3) is 0 Å². The molecule has 6 nitrogen and oxygen atoms in total. The van der Waals surface area contributed by atoms with Crippen LogP contribution in [0.1, 0.15) is 36.1 Å². The lowest BCUT2D eigenvalue weighted by Gasteiger charge is -2.34. The van der Waals surface area contributed by atoms with E-state index < -0.39 is 0 Å². The highest BCUT2D eigenvalue weighted by molar-refractivity contribution is 5.37. The van der Waals surface area contributed by atoms with Gasteiger partial charge in [0.1, 0.15) is 5.75 Å². The fourth-order valence-corrected chi connectivity index (χ4v) is 4.43. The van der Waals surface area contributed by atoms with Crippen molar-refractivity contribution in [2.45, 2.75) is 37.8 Å². The van der Waals surface area contributed by atoms with E-state index >= 15 is 0 Å². The highest BCUT2D eigenvalue weighted by Gasteiger charge is 2.44. The van der Waals surface area contributed by atoms with Gasteiger partial charge in [-0.25, -0.2) is 9.97 Å². The molecule has 1 saturated carbocycles. The normalized spacial score (nSPS) is 24.3. The second-order valence-corrected chi connectivity index (χ2v) is 8.47. The van der Waals surface area contributed by atoms with E-state index in [-0.39, 0.29) is 5.41 Å². The van der Waals surface area contributed by atoms with Crippen molar-refractivity contribution < 1.29 is 9.47 Å². The maximum Gasteiger partial charge on any atom is 0.222 e. The van der Waals surface area contributed by atoms with Crippen molar-refractivity contribution in [1.29, 1.82) is 0 Å². The topological polar surface area (TPSA) is 59.5 Å². The molecular weight excluding hydrogens is 352 g/mol. The molecule has 1 atom stereocenters. The lowest BCUT2D eigenvalue weighted by atomic mass is 9.80. The van der Waals surface area contributed by atoms with Crippen molar-refractivity contribution in [2.24, 2.45) is 5.92 Å². The van der Waals surface area contributed by atoms with Crippen LogP contribution >= 0.6 is 0 Å². The monoisotopic (exact) mass is 380 g/mol. The van der Waals surface area contributed by atoms with Gasteiger partial charge < -0.3 is 14.8 Å². The van der Waals surface area contributed by atoms with E-state index in [9.17, 15) is 0 Å². The Bertz CT molecular complexity index is 837. The third-order valence-corrected chi connectivity index (χ3v) is 6.25. The number of nitrogens with zero attached hydrogens (tertiary/aromatic N) is 3. The van der Waals surface area contributed by atoms with Gasteiger partial charge in [0.15, 0.2) is 0 Å². The van der Waals surface area contributed by atoms with Crippen LogP contribution in [0.3, 0.4) is 0 Å². The Labute approximate surface area is 166 Å². The number of ether oxygens (including phenoxy) is 2. The Morgan fingerprint density at radius 2 is 2.14 bits per heavy atom. The molecule has 0 unspecified atom stereocenters. The van der Waals surface area contributed by atoms with Gasteiger partial charge in [-0.05, 0) is 49.4 Å². The molecule has 0 radical (unpaired) electrons. The van der Waals surface area contributed by atoms with Crippen LogP contribution in [0.5, 0.6) is 5.75 Å². The number of anilines is 1. The summed E-state index contributed by atoms with van der Waals surface area (Å²) in [5.74, 6) is 2.49. The van der Waals surface area contributed by atoms with Gasteiger partial charge in [0, 0.05) is 31.4 Å². The maximum atomic E-state index is 5.97. The highest BCUT2D eigenvalue weighted by atomic mass is 16.5. The molecule has 2 aliphatic heterocycles. The lowest BCUT2D eigenvalue weighted by Crippen LogP contribution is -2.40. The van der Waals surface area contributed by atoms with Gasteiger partial charge in [-0.2, -0.15) is 0 Å². The van der Waals surface area contributed by atoms with Gasteiger partial charge in [0.25, 0.3) is 0 Å². The number of fused-ring (bicyclic) bond motifs is 2. The molecule has 1 aliphatic carbocycles. The SMILES string of the molecule is COc1ccc(CN2CC[C@]3(COCc4cnc(NCC5CC5)nc43)C2)cc1. The third-order valence-electron chi connectivity index (χ3n) is 6.25. The largest absolute Gasteiger partial charge is 0.497 e. The molecule has 1 N–H and O–H groups in total. The highest BCUT2D eigenvalue weighted by Crippen LogP contribution is 2.40. The summed E-state index contributed by atoms with van der Waals surface area (Å²) in [5, 5.41) is 3.44. The molecule has 0 amide bonds. The molecule has 3 heterocycles. The Balaban J connectivity index is 1.32. The fraction of sp³-hybridized carbons (Fsp3) is 0.545. The van der Waals surface area contributed by atoms with Gasteiger partial charge in [-0.3, -0.25) is 4.90 Å². The molecule has 0 bridgehead atoms. The van der Waals surface area contributed by atoms with Crippen LogP contribution in [-0.2, 0) is 23.3 Å². The van der Waals surface area contributed by atoms with Gasteiger partial charge in [-0.1, -0.05) is 12.1 Å². The zero-order valence-electron chi connectivity index (χ0n) is 16.5. The van der Waals surface area contributed by atoms with Crippen LogP contribution in [0.2, 0.25) is 0 Å². The van der Waals surface area contributed by atoms with Crippen LogP contribution in [0.15, 0.2) is 30.5 Å². The minimum Gasteiger partial charge on any atom is -0.497 e. The van der Waals surface area contributed by atoms with Gasteiger partial charge in [-0.15, -0.1) is 0 Å². The number of benzene rings is 1. The molecule has 2 aromatic rings. The molecule has 6 heteroatoms. The van der Waals surface area contributed by atoms with Gasteiger partial charge in [0.2, 0.25) is 5.95 Å². The first-order chi connectivity index (χ1) is 13.7. The van der Waals surface area contributed by atoms with Crippen molar-refractivity contribution in [1.82, 2.24) is 14.9 Å². The minimum atomic E-state index is -0.0149. The van der Waals surface area contributed by atoms with E-state index in [2.05, 4.69) is 27.3 Å². The first-order valence-corrected chi connectivity index (χ1v) is 10.3. The van der Waals surface area contributed by atoms with Gasteiger partial charge in [0.05, 0.1) is 31.4 Å². The van der Waals surface area contributed by atoms with Crippen molar-refractivity contribution in [3.05, 3.63) is 47.3 Å². The molecule has 1 aromatic heterocycles. The summed E-state index contributed by atoms with van der Waals surface area (Å²) >= 11 is 0. The van der Waals surface area contributed by atoms with Crippen molar-refractivity contribution >= 4 is 5.95 Å². The Hall–Kier alpha value is -2.18. The lowest BCUT2D eigenvalue weighted by molar-refractivity contribution is 0.0503. The van der Waals surface area contributed by atoms with E-state index in [0.29, 0.717) is 6.61 Å². The summed E-state index contributed by atoms with van der Waals surface area (Å²) in [6, 6.07) is 8.37. The summed E-state index contributed by atoms with van der Waals surface area (Å²) in [5.41, 5.74) is 3.64. The second-order valence-electron chi connectivity index (χ2n) is 8.47. The van der Waals surface area contributed by atoms with E-state index in [1.54, 1.807) is 7.11 Å². The zero-order valence-corrected chi connectivity index (χ0v) is 16.5. The molecule has 5 rings (SSSR count). The van der Waals surface area contributed by atoms with Crippen LogP contribution in [0.4, 0.5) is 5.95 Å². The molecule has 28 heavy (non-hydrogen) atoms. The van der Waals surface area contributed by atoms with Crippen molar-refractivity contribution in [3.8, 4) is 5.75 Å². The number of hydrogen-bond donors (Lipinski definition) is 1. The van der Waals surface area contributed by atoms with Crippen LogP contribution < -0.4 is 10.1 Å². The number of rotatable bonds is 6. The molecule has 3 aliphatic rings. The molecule has 1 saturated heterocycles. The molecule has 2 fully saturated rings. The van der Waals surface area contributed by atoms with E-state index in [4.69, 9.17) is 14.5 Å². The average Bonchev–Trinajstić information content (AvgIpc) is 3.48. The molecule has 1 spiro atoms. The summed E-state index contributed by atoms with van der Waals surface area (Å²) in [7, 11) is 1.70. The Morgan fingerprint density at radius 3 is 2.93 bits per heavy atom. The van der Waals surface area contributed by atoms with E-state index in [1.807, 2.05) is 18.3 Å². The third kappa shape index (κ3) is 3.59. The quantitative estimate of drug-likeness (QED) is 0.831. The number of nitrogens with one attached hydrogen (secondary N) is 1. The number of methoxy groups -OCH3 is 1. The average molecular weight is 380 g/mol. The summed E-state index contributed by atoms with van der Waals surface area (Å²) < 4.78 is 11.2. The van der Waals surface area contributed by atoms with E-state index in [0.717, 1.165) is 62.4 Å². The first-order valence-electron chi connectivity index (χ1n) is 10.3. The van der Waals surface area contributed by atoms with E-state index in [1.165, 1.54) is 24.1 Å². The van der Waals surface area contributed by atoms with Gasteiger partial charge >= 0.3 is 0 Å². The smallest absolute Gasteiger partial charge is 0.222 e. The van der Waals surface area contributed by atoms with Crippen molar-refractivity contribution in [2.75, 3.05) is 38.7 Å². The van der Waals surface area contributed by atoms with Crippen LogP contribution in [0, 0.1) is 5.92 Å². The minimum absolute atomic E-state index is 0.0149. The summed E-state index contributed by atoms with van der Waals surface area (Å²) in [4.78, 5) is 12.0. The zero-order chi connectivity index (χ0) is 19.0. The number of hydrogen-bond acceptors (Lipinski definition) is 6. The Kier molecular flexibility index (Phi) is 4.69. The maximum absolute atomic E-state index is 5.97. The molecular formula is C22H28N4O2. The summed E-state index contributed by atoms with van der Waals surface area (Å²) in [6.45, 7) is 5.34.